The first-order valence-electron chi connectivity index (χ1n) is 7.78. The van der Waals surface area contributed by atoms with Crippen LogP contribution in [0.15, 0.2) is 30.5 Å². The number of ether oxygens (including phenoxy) is 1. The summed E-state index contributed by atoms with van der Waals surface area (Å²) < 4.78 is 18.0. The number of carbonyl (C=O) groups is 1. The lowest BCUT2D eigenvalue weighted by atomic mass is 10.1. The number of alkyl halides is 1. The number of nitrogens with zero attached hydrogens (tertiary/aromatic N) is 1. The molecule has 2 rings (SSSR count). The molecule has 0 saturated heterocycles. The van der Waals surface area contributed by atoms with E-state index in [4.69, 9.17) is 4.74 Å². The first kappa shape index (κ1) is 19.1. The maximum Gasteiger partial charge on any atom is 0.272 e. The third kappa shape index (κ3) is 5.64. The maximum atomic E-state index is 12.3. The number of rotatable bonds is 4. The molecule has 0 aliphatic heterocycles. The van der Waals surface area contributed by atoms with Crippen molar-refractivity contribution in [3.05, 3.63) is 36.0 Å². The van der Waals surface area contributed by atoms with E-state index in [9.17, 15) is 9.18 Å². The fourth-order valence-corrected chi connectivity index (χ4v) is 2.63. The Morgan fingerprint density at radius 1 is 1.40 bits per heavy atom. The molecule has 25 heavy (non-hydrogen) atoms. The van der Waals surface area contributed by atoms with E-state index in [0.717, 1.165) is 10.9 Å². The SMILES string of the molecule is CSC(Oc1ccc2ncc(C#CCF)cc2c1)C(=O)NC(C)(C)C. The molecule has 1 N–H and O–H groups in total. The molecule has 4 nitrogen and oxygen atoms in total. The molecule has 6 heteroatoms. The Kier molecular flexibility index (Phi) is 6.27. The number of hydrogen-bond acceptors (Lipinski definition) is 4. The van der Waals surface area contributed by atoms with Crippen LogP contribution < -0.4 is 10.1 Å². The van der Waals surface area contributed by atoms with Gasteiger partial charge in [-0.2, -0.15) is 0 Å². The number of aromatic nitrogens is 1. The number of carbonyl (C=O) groups excluding carboxylic acids is 1. The average molecular weight is 360 g/mol. The molecule has 0 aliphatic rings. The molecule has 1 heterocycles. The number of amides is 1. The molecule has 1 unspecified atom stereocenters. The molecular formula is C19H21FN2O2S. The van der Waals surface area contributed by atoms with Crippen molar-refractivity contribution in [1.29, 1.82) is 0 Å². The summed E-state index contributed by atoms with van der Waals surface area (Å²) in [6.45, 7) is 5.07. The van der Waals surface area contributed by atoms with E-state index in [1.165, 1.54) is 11.8 Å². The van der Waals surface area contributed by atoms with E-state index >= 15 is 0 Å². The fraction of sp³-hybridized carbons (Fsp3) is 0.368. The van der Waals surface area contributed by atoms with Crippen LogP contribution in [0.2, 0.25) is 0 Å². The van der Waals surface area contributed by atoms with Gasteiger partial charge in [-0.15, -0.1) is 11.8 Å². The van der Waals surface area contributed by atoms with E-state index in [1.54, 1.807) is 18.3 Å². The highest BCUT2D eigenvalue weighted by molar-refractivity contribution is 7.99. The highest BCUT2D eigenvalue weighted by atomic mass is 32.2. The monoisotopic (exact) mass is 360 g/mol. The number of fused-ring (bicyclic) bond motifs is 1. The number of halogens is 1. The Balaban J connectivity index is 2.23. The molecule has 2 aromatic rings. The van der Waals surface area contributed by atoms with Gasteiger partial charge in [0.15, 0.2) is 6.67 Å². The molecule has 0 saturated carbocycles. The zero-order valence-corrected chi connectivity index (χ0v) is 15.5. The van der Waals surface area contributed by atoms with Gasteiger partial charge in [0.1, 0.15) is 5.75 Å². The van der Waals surface area contributed by atoms with Crippen molar-refractivity contribution in [3.63, 3.8) is 0 Å². The van der Waals surface area contributed by atoms with Gasteiger partial charge in [0, 0.05) is 22.7 Å². The van der Waals surface area contributed by atoms with Crippen LogP contribution in [0.1, 0.15) is 26.3 Å². The van der Waals surface area contributed by atoms with Gasteiger partial charge in [0.25, 0.3) is 5.91 Å². The second-order valence-corrected chi connectivity index (χ2v) is 7.34. The van der Waals surface area contributed by atoms with Crippen LogP contribution in [0.25, 0.3) is 10.9 Å². The topological polar surface area (TPSA) is 51.2 Å². The van der Waals surface area contributed by atoms with Gasteiger partial charge >= 0.3 is 0 Å². The van der Waals surface area contributed by atoms with Crippen molar-refractivity contribution in [2.24, 2.45) is 0 Å². The van der Waals surface area contributed by atoms with Crippen molar-refractivity contribution in [3.8, 4) is 17.6 Å². The quantitative estimate of drug-likeness (QED) is 0.669. The Labute approximate surface area is 151 Å². The van der Waals surface area contributed by atoms with Crippen molar-refractivity contribution >= 4 is 28.6 Å². The zero-order valence-electron chi connectivity index (χ0n) is 14.7. The Hall–Kier alpha value is -2.26. The highest BCUT2D eigenvalue weighted by Gasteiger charge is 2.23. The molecule has 1 aromatic carbocycles. The lowest BCUT2D eigenvalue weighted by Crippen LogP contribution is -2.46. The van der Waals surface area contributed by atoms with Gasteiger partial charge in [0.2, 0.25) is 5.44 Å². The summed E-state index contributed by atoms with van der Waals surface area (Å²) in [7, 11) is 0. The van der Waals surface area contributed by atoms with E-state index in [0.29, 0.717) is 11.3 Å². The molecule has 0 bridgehead atoms. The fourth-order valence-electron chi connectivity index (χ4n) is 2.15. The Morgan fingerprint density at radius 3 is 2.80 bits per heavy atom. The lowest BCUT2D eigenvalue weighted by molar-refractivity contribution is -0.125. The number of thioether (sulfide) groups is 1. The van der Waals surface area contributed by atoms with E-state index < -0.39 is 12.1 Å². The summed E-state index contributed by atoms with van der Waals surface area (Å²) in [5.74, 6) is 5.47. The molecule has 132 valence electrons. The van der Waals surface area contributed by atoms with Crippen LogP contribution in [0.5, 0.6) is 5.75 Å². The van der Waals surface area contributed by atoms with E-state index in [-0.39, 0.29) is 11.4 Å². The smallest absolute Gasteiger partial charge is 0.272 e. The largest absolute Gasteiger partial charge is 0.470 e. The first-order valence-corrected chi connectivity index (χ1v) is 9.07. The molecule has 0 spiro atoms. The number of pyridine rings is 1. The highest BCUT2D eigenvalue weighted by Crippen LogP contribution is 2.23. The first-order chi connectivity index (χ1) is 11.8. The summed E-state index contributed by atoms with van der Waals surface area (Å²) in [4.78, 5) is 16.6. The molecule has 1 atom stereocenters. The summed E-state index contributed by atoms with van der Waals surface area (Å²) in [5, 5.41) is 3.73. The van der Waals surface area contributed by atoms with Crippen LogP contribution in [0.4, 0.5) is 4.39 Å². The Morgan fingerprint density at radius 2 is 2.16 bits per heavy atom. The number of nitrogens with one attached hydrogen (secondary N) is 1. The van der Waals surface area contributed by atoms with Gasteiger partial charge in [0.05, 0.1) is 5.52 Å². The minimum Gasteiger partial charge on any atom is -0.470 e. The maximum absolute atomic E-state index is 12.3. The molecule has 1 amide bonds. The van der Waals surface area contributed by atoms with Gasteiger partial charge in [-0.05, 0) is 51.3 Å². The van der Waals surface area contributed by atoms with Crippen LogP contribution in [0, 0.1) is 11.8 Å². The number of benzene rings is 1. The van der Waals surface area contributed by atoms with Crippen molar-refractivity contribution < 1.29 is 13.9 Å². The van der Waals surface area contributed by atoms with Gasteiger partial charge in [-0.3, -0.25) is 9.78 Å². The van der Waals surface area contributed by atoms with E-state index in [2.05, 4.69) is 22.1 Å². The molecule has 0 aliphatic carbocycles. The predicted octanol–water partition coefficient (Wildman–Crippen LogP) is 3.54. The summed E-state index contributed by atoms with van der Waals surface area (Å²) in [5.41, 5.74) is 0.428. The van der Waals surface area contributed by atoms with Crippen molar-refractivity contribution in [2.45, 2.75) is 31.7 Å². The minimum atomic E-state index is -0.695. The van der Waals surface area contributed by atoms with E-state index in [1.807, 2.05) is 39.2 Å². The van der Waals surface area contributed by atoms with Crippen molar-refractivity contribution in [1.82, 2.24) is 10.3 Å². The summed E-state index contributed by atoms with van der Waals surface area (Å²) in [6, 6.07) is 7.21. The molecular weight excluding hydrogens is 339 g/mol. The van der Waals surface area contributed by atoms with Gasteiger partial charge < -0.3 is 10.1 Å². The van der Waals surface area contributed by atoms with Gasteiger partial charge in [-0.25, -0.2) is 4.39 Å². The lowest BCUT2D eigenvalue weighted by Gasteiger charge is -2.24. The normalized spacial score (nSPS) is 12.2. The molecule has 0 radical (unpaired) electrons. The average Bonchev–Trinajstić information content (AvgIpc) is 2.55. The van der Waals surface area contributed by atoms with Crippen LogP contribution in [-0.4, -0.2) is 34.8 Å². The number of hydrogen-bond donors (Lipinski definition) is 1. The Bertz CT molecular complexity index is 822. The van der Waals surface area contributed by atoms with Crippen LogP contribution in [0.3, 0.4) is 0 Å². The van der Waals surface area contributed by atoms with Gasteiger partial charge in [-0.1, -0.05) is 11.8 Å². The zero-order chi connectivity index (χ0) is 18.4. The van der Waals surface area contributed by atoms with Crippen LogP contribution >= 0.6 is 11.8 Å². The second kappa shape index (κ2) is 8.21. The third-order valence-electron chi connectivity index (χ3n) is 3.12. The molecule has 0 fully saturated rings. The van der Waals surface area contributed by atoms with Crippen LogP contribution in [-0.2, 0) is 4.79 Å². The molecule has 1 aromatic heterocycles. The predicted molar refractivity (Wildman–Crippen MR) is 100 cm³/mol. The summed E-state index contributed by atoms with van der Waals surface area (Å²) >= 11 is 1.32. The minimum absolute atomic E-state index is 0.180. The summed E-state index contributed by atoms with van der Waals surface area (Å²) in [6.07, 6.45) is 3.42. The second-order valence-electron chi connectivity index (χ2n) is 6.44. The van der Waals surface area contributed by atoms with Crippen molar-refractivity contribution in [2.75, 3.05) is 12.9 Å². The standard InChI is InChI=1S/C19H21FN2O2S/c1-19(2,3)22-17(23)18(25-4)24-15-7-8-16-14(11-15)10-13(12-21-16)6-5-9-20/h7-8,10-12,18H,9H2,1-4H3,(H,22,23). The third-order valence-corrected chi connectivity index (χ3v) is 3.86.